The number of rotatable bonds is 5. The highest BCUT2D eigenvalue weighted by Crippen LogP contribution is 2.26. The average molecular weight is 435 g/mol. The Morgan fingerprint density at radius 1 is 1.12 bits per heavy atom. The molecule has 0 spiro atoms. The first kappa shape index (κ1) is 21.5. The zero-order valence-electron chi connectivity index (χ0n) is 18.1. The van der Waals surface area contributed by atoms with Gasteiger partial charge in [0.2, 0.25) is 11.8 Å². The van der Waals surface area contributed by atoms with Gasteiger partial charge < -0.3 is 10.2 Å². The van der Waals surface area contributed by atoms with E-state index in [9.17, 15) is 19.2 Å². The quantitative estimate of drug-likeness (QED) is 0.632. The van der Waals surface area contributed by atoms with Gasteiger partial charge in [0.05, 0.1) is 18.5 Å². The van der Waals surface area contributed by atoms with Crippen molar-refractivity contribution in [1.29, 1.82) is 0 Å². The summed E-state index contributed by atoms with van der Waals surface area (Å²) in [6.45, 7) is 2.69. The predicted molar refractivity (Wildman–Crippen MR) is 119 cm³/mol. The molecule has 0 radical (unpaired) electrons. The van der Waals surface area contributed by atoms with Crippen molar-refractivity contribution < 1.29 is 9.59 Å². The Morgan fingerprint density at radius 2 is 1.88 bits per heavy atom. The van der Waals surface area contributed by atoms with E-state index in [1.807, 2.05) is 30.3 Å². The fourth-order valence-electron chi connectivity index (χ4n) is 4.05. The molecule has 1 unspecified atom stereocenters. The van der Waals surface area contributed by atoms with E-state index in [2.05, 4.69) is 5.32 Å². The Morgan fingerprint density at radius 3 is 2.59 bits per heavy atom. The summed E-state index contributed by atoms with van der Waals surface area (Å²) in [6.07, 6.45) is 0.720. The van der Waals surface area contributed by atoms with Gasteiger partial charge in [0.15, 0.2) is 0 Å². The second-order valence-electron chi connectivity index (χ2n) is 8.06. The van der Waals surface area contributed by atoms with Gasteiger partial charge in [-0.15, -0.1) is 0 Å². The van der Waals surface area contributed by atoms with E-state index in [1.165, 1.54) is 18.5 Å². The Labute approximate surface area is 184 Å². The summed E-state index contributed by atoms with van der Waals surface area (Å²) in [5, 5.41) is 2.91. The Kier molecular flexibility index (Phi) is 5.89. The number of nitrogens with zero attached hydrogens (tertiary/aromatic N) is 4. The van der Waals surface area contributed by atoms with Crippen LogP contribution in [0.2, 0.25) is 0 Å². The molecule has 2 aromatic heterocycles. The van der Waals surface area contributed by atoms with Crippen molar-refractivity contribution >= 4 is 22.8 Å². The molecule has 1 saturated heterocycles. The Hall–Kier alpha value is -3.75. The third-order valence-corrected chi connectivity index (χ3v) is 5.84. The largest absolute Gasteiger partial charge is 0.347 e. The molecule has 9 heteroatoms. The lowest BCUT2D eigenvalue weighted by Crippen LogP contribution is -2.39. The van der Waals surface area contributed by atoms with Gasteiger partial charge in [-0.1, -0.05) is 30.3 Å². The van der Waals surface area contributed by atoms with Crippen molar-refractivity contribution in [1.82, 2.24) is 24.3 Å². The molecule has 0 saturated carbocycles. The lowest BCUT2D eigenvalue weighted by molar-refractivity contribution is -0.131. The van der Waals surface area contributed by atoms with Crippen molar-refractivity contribution in [2.75, 3.05) is 19.6 Å². The van der Waals surface area contributed by atoms with Gasteiger partial charge in [-0.25, -0.2) is 9.78 Å². The molecule has 4 rings (SSSR count). The fourth-order valence-corrected chi connectivity index (χ4v) is 4.05. The minimum absolute atomic E-state index is 0.00925. The minimum Gasteiger partial charge on any atom is -0.347 e. The molecule has 1 fully saturated rings. The molecule has 1 atom stereocenters. The maximum Gasteiger partial charge on any atom is 0.332 e. The van der Waals surface area contributed by atoms with Gasteiger partial charge in [-0.2, -0.15) is 0 Å². The number of pyridine rings is 1. The van der Waals surface area contributed by atoms with E-state index in [1.54, 1.807) is 17.0 Å². The molecule has 3 heterocycles. The van der Waals surface area contributed by atoms with Crippen LogP contribution in [0.25, 0.3) is 11.0 Å². The fraction of sp³-hybridized carbons (Fsp3) is 0.348. The highest BCUT2D eigenvalue weighted by molar-refractivity contribution is 5.84. The first-order valence-corrected chi connectivity index (χ1v) is 10.5. The van der Waals surface area contributed by atoms with Crippen LogP contribution in [0, 0.1) is 0 Å². The van der Waals surface area contributed by atoms with Crippen LogP contribution >= 0.6 is 0 Å². The second kappa shape index (κ2) is 8.78. The molecule has 32 heavy (non-hydrogen) atoms. The topological polar surface area (TPSA) is 106 Å². The van der Waals surface area contributed by atoms with Crippen LogP contribution in [0.3, 0.4) is 0 Å². The maximum absolute atomic E-state index is 12.9. The van der Waals surface area contributed by atoms with Gasteiger partial charge in [0.25, 0.3) is 5.56 Å². The van der Waals surface area contributed by atoms with E-state index in [4.69, 9.17) is 4.98 Å². The first-order chi connectivity index (χ1) is 15.3. The Bertz CT molecular complexity index is 1300. The molecule has 0 bridgehead atoms. The van der Waals surface area contributed by atoms with E-state index < -0.39 is 5.69 Å². The van der Waals surface area contributed by atoms with Gasteiger partial charge >= 0.3 is 5.69 Å². The van der Waals surface area contributed by atoms with Gasteiger partial charge in [0.1, 0.15) is 5.65 Å². The van der Waals surface area contributed by atoms with Crippen molar-refractivity contribution in [3.05, 3.63) is 74.6 Å². The summed E-state index contributed by atoms with van der Waals surface area (Å²) < 4.78 is 2.62. The van der Waals surface area contributed by atoms with Crippen LogP contribution in [0.1, 0.15) is 30.5 Å². The number of fused-ring (bicyclic) bond motifs is 1. The molecule has 3 aromatic rings. The molecule has 2 amide bonds. The first-order valence-electron chi connectivity index (χ1n) is 10.5. The lowest BCUT2D eigenvalue weighted by Gasteiger charge is -2.17. The molecule has 1 N–H and O–H groups in total. The van der Waals surface area contributed by atoms with Gasteiger partial charge in [-0.05, 0) is 24.1 Å². The van der Waals surface area contributed by atoms with Crippen LogP contribution in [-0.2, 0) is 23.2 Å². The average Bonchev–Trinajstić information content (AvgIpc) is 3.29. The zero-order chi connectivity index (χ0) is 22.8. The smallest absolute Gasteiger partial charge is 0.332 e. The van der Waals surface area contributed by atoms with Crippen LogP contribution in [0.5, 0.6) is 0 Å². The highest BCUT2D eigenvalue weighted by Gasteiger charge is 2.28. The highest BCUT2D eigenvalue weighted by atomic mass is 16.2. The standard InChI is InChI=1S/C23H25N5O4/c1-15(29)24-12-20(30)27-11-10-17(14-27)19-9-8-18-21(25-19)28(23(32)26(2)22(18)31)13-16-6-4-3-5-7-16/h3-9,17H,10-14H2,1-2H3,(H,24,29). The van der Waals surface area contributed by atoms with E-state index >= 15 is 0 Å². The SMILES string of the molecule is CC(=O)NCC(=O)N1CCC(c2ccc3c(=O)n(C)c(=O)n(Cc4ccccc4)c3n2)C1. The number of benzene rings is 1. The van der Waals surface area contributed by atoms with Crippen LogP contribution in [0.4, 0.5) is 0 Å². The molecular weight excluding hydrogens is 410 g/mol. The van der Waals surface area contributed by atoms with E-state index in [0.717, 1.165) is 22.2 Å². The molecule has 0 aliphatic carbocycles. The van der Waals surface area contributed by atoms with E-state index in [-0.39, 0.29) is 29.8 Å². The number of amides is 2. The summed E-state index contributed by atoms with van der Waals surface area (Å²) in [5.41, 5.74) is 1.21. The number of aromatic nitrogens is 3. The van der Waals surface area contributed by atoms with Crippen molar-refractivity contribution in [3.8, 4) is 0 Å². The molecular formula is C23H25N5O4. The third-order valence-electron chi connectivity index (χ3n) is 5.84. The van der Waals surface area contributed by atoms with Crippen molar-refractivity contribution in [2.45, 2.75) is 25.8 Å². The normalized spacial score (nSPS) is 15.8. The molecule has 1 aliphatic heterocycles. The maximum atomic E-state index is 12.9. The molecule has 1 aromatic carbocycles. The lowest BCUT2D eigenvalue weighted by atomic mass is 10.0. The van der Waals surface area contributed by atoms with Crippen LogP contribution in [-0.4, -0.2) is 50.5 Å². The summed E-state index contributed by atoms with van der Waals surface area (Å²) in [6, 6.07) is 13.0. The number of carbonyl (C=O) groups is 2. The molecule has 9 nitrogen and oxygen atoms in total. The van der Waals surface area contributed by atoms with Crippen molar-refractivity contribution in [3.63, 3.8) is 0 Å². The minimum atomic E-state index is -0.422. The van der Waals surface area contributed by atoms with Crippen molar-refractivity contribution in [2.24, 2.45) is 7.05 Å². The summed E-state index contributed by atoms with van der Waals surface area (Å²) in [7, 11) is 1.47. The summed E-state index contributed by atoms with van der Waals surface area (Å²) in [5.74, 6) is -0.397. The summed E-state index contributed by atoms with van der Waals surface area (Å²) in [4.78, 5) is 55.4. The number of nitrogens with one attached hydrogen (secondary N) is 1. The monoisotopic (exact) mass is 435 g/mol. The molecule has 166 valence electrons. The summed E-state index contributed by atoms with van der Waals surface area (Å²) >= 11 is 0. The molecule has 1 aliphatic rings. The number of hydrogen-bond acceptors (Lipinski definition) is 5. The van der Waals surface area contributed by atoms with Gasteiger partial charge in [0, 0.05) is 38.7 Å². The second-order valence-corrected chi connectivity index (χ2v) is 8.06. The van der Waals surface area contributed by atoms with Crippen LogP contribution < -0.4 is 16.6 Å². The predicted octanol–water partition coefficient (Wildman–Crippen LogP) is 0.596. The number of carbonyl (C=O) groups excluding carboxylic acids is 2. The Balaban J connectivity index is 1.68. The zero-order valence-corrected chi connectivity index (χ0v) is 18.1. The number of likely N-dealkylation sites (tertiary alicyclic amines) is 1. The third kappa shape index (κ3) is 4.18. The van der Waals surface area contributed by atoms with E-state index in [0.29, 0.717) is 30.7 Å². The number of hydrogen-bond donors (Lipinski definition) is 1. The van der Waals surface area contributed by atoms with Crippen LogP contribution in [0.15, 0.2) is 52.1 Å². The van der Waals surface area contributed by atoms with Gasteiger partial charge in [-0.3, -0.25) is 23.5 Å².